The molecular formula is C18H28N2. The molecule has 1 aromatic carbocycles. The fraction of sp³-hybridized carbons (Fsp3) is 0.667. The minimum absolute atomic E-state index is 0.775. The van der Waals surface area contributed by atoms with E-state index >= 15 is 0 Å². The molecule has 110 valence electrons. The molecule has 2 heteroatoms. The average Bonchev–Trinajstić information content (AvgIpc) is 2.47. The lowest BCUT2D eigenvalue weighted by Gasteiger charge is -2.44. The van der Waals surface area contributed by atoms with Gasteiger partial charge in [0.25, 0.3) is 0 Å². The summed E-state index contributed by atoms with van der Waals surface area (Å²) in [6.07, 6.45) is 6.79. The second-order valence-electron chi connectivity index (χ2n) is 6.97. The van der Waals surface area contributed by atoms with E-state index in [0.29, 0.717) is 0 Å². The summed E-state index contributed by atoms with van der Waals surface area (Å²) >= 11 is 0. The molecular weight excluding hydrogens is 244 g/mol. The maximum absolute atomic E-state index is 6.20. The molecule has 0 bridgehead atoms. The quantitative estimate of drug-likeness (QED) is 0.829. The van der Waals surface area contributed by atoms with Crippen molar-refractivity contribution in [3.63, 3.8) is 0 Å². The van der Waals surface area contributed by atoms with Crippen molar-refractivity contribution >= 4 is 5.69 Å². The predicted molar refractivity (Wildman–Crippen MR) is 85.6 cm³/mol. The highest BCUT2D eigenvalue weighted by Crippen LogP contribution is 2.36. The van der Waals surface area contributed by atoms with Gasteiger partial charge in [-0.15, -0.1) is 0 Å². The van der Waals surface area contributed by atoms with E-state index in [2.05, 4.69) is 36.9 Å². The van der Waals surface area contributed by atoms with Crippen molar-refractivity contribution in [2.24, 2.45) is 11.8 Å². The van der Waals surface area contributed by atoms with Gasteiger partial charge in [-0.25, -0.2) is 0 Å². The molecule has 1 aliphatic carbocycles. The Morgan fingerprint density at radius 1 is 1.20 bits per heavy atom. The fourth-order valence-electron chi connectivity index (χ4n) is 4.28. The third-order valence-corrected chi connectivity index (χ3v) is 5.45. The highest BCUT2D eigenvalue weighted by atomic mass is 15.2. The Hall–Kier alpha value is -1.02. The lowest BCUT2D eigenvalue weighted by Crippen LogP contribution is -2.46. The average molecular weight is 272 g/mol. The van der Waals surface area contributed by atoms with Gasteiger partial charge in [0.1, 0.15) is 0 Å². The standard InChI is InChI=1S/C18H28N2/c1-13(2)15-7-3-4-9-18(15)20-11-10-14-6-5-8-17(19)16(14)12-20/h5-6,8,13,15,18H,3-4,7,9-12,19H2,1-2H3. The smallest absolute Gasteiger partial charge is 0.0362 e. The maximum atomic E-state index is 6.20. The number of hydrogen-bond donors (Lipinski definition) is 1. The highest BCUT2D eigenvalue weighted by Gasteiger charge is 2.33. The zero-order valence-corrected chi connectivity index (χ0v) is 12.9. The van der Waals surface area contributed by atoms with E-state index < -0.39 is 0 Å². The molecule has 0 aromatic heterocycles. The summed E-state index contributed by atoms with van der Waals surface area (Å²) in [5.74, 6) is 1.67. The number of hydrogen-bond acceptors (Lipinski definition) is 2. The normalized spacial score (nSPS) is 27.6. The Morgan fingerprint density at radius 3 is 2.80 bits per heavy atom. The SMILES string of the molecule is CC(C)C1CCCCC1N1CCc2cccc(N)c2C1. The van der Waals surface area contributed by atoms with Crippen LogP contribution in [0.15, 0.2) is 18.2 Å². The Bertz CT molecular complexity index is 466. The van der Waals surface area contributed by atoms with E-state index in [0.717, 1.165) is 30.1 Å². The molecule has 2 N–H and O–H groups in total. The zero-order chi connectivity index (χ0) is 14.1. The van der Waals surface area contributed by atoms with Crippen LogP contribution >= 0.6 is 0 Å². The van der Waals surface area contributed by atoms with Crippen LogP contribution in [-0.4, -0.2) is 17.5 Å². The van der Waals surface area contributed by atoms with E-state index in [9.17, 15) is 0 Å². The molecule has 0 radical (unpaired) electrons. The predicted octanol–water partition coefficient (Wildman–Crippen LogP) is 3.84. The van der Waals surface area contributed by atoms with Crippen molar-refractivity contribution in [2.45, 2.75) is 58.5 Å². The van der Waals surface area contributed by atoms with Crippen LogP contribution in [0.4, 0.5) is 5.69 Å². The molecule has 0 saturated heterocycles. The van der Waals surface area contributed by atoms with Crippen LogP contribution in [0.2, 0.25) is 0 Å². The van der Waals surface area contributed by atoms with Crippen molar-refractivity contribution in [1.29, 1.82) is 0 Å². The van der Waals surface area contributed by atoms with E-state index in [1.807, 2.05) is 0 Å². The Balaban J connectivity index is 1.80. The number of rotatable bonds is 2. The molecule has 1 aliphatic heterocycles. The lowest BCUT2D eigenvalue weighted by molar-refractivity contribution is 0.0683. The Labute approximate surface area is 123 Å². The Kier molecular flexibility index (Phi) is 4.02. The highest BCUT2D eigenvalue weighted by molar-refractivity contribution is 5.51. The molecule has 3 rings (SSSR count). The molecule has 2 unspecified atom stereocenters. The maximum Gasteiger partial charge on any atom is 0.0362 e. The van der Waals surface area contributed by atoms with Crippen molar-refractivity contribution < 1.29 is 0 Å². The molecule has 20 heavy (non-hydrogen) atoms. The summed E-state index contributed by atoms with van der Waals surface area (Å²) in [6, 6.07) is 7.19. The van der Waals surface area contributed by atoms with Gasteiger partial charge in [-0.3, -0.25) is 4.90 Å². The number of benzene rings is 1. The second kappa shape index (κ2) is 5.77. The summed E-state index contributed by atoms with van der Waals surface area (Å²) in [7, 11) is 0. The van der Waals surface area contributed by atoms with E-state index in [1.54, 1.807) is 0 Å². The van der Waals surface area contributed by atoms with Crippen LogP contribution in [0.1, 0.15) is 50.7 Å². The summed E-state index contributed by atoms with van der Waals surface area (Å²) in [4.78, 5) is 2.72. The lowest BCUT2D eigenvalue weighted by atomic mass is 9.76. The van der Waals surface area contributed by atoms with E-state index in [4.69, 9.17) is 5.73 Å². The number of anilines is 1. The van der Waals surface area contributed by atoms with Crippen LogP contribution < -0.4 is 5.73 Å². The summed E-state index contributed by atoms with van der Waals surface area (Å²) < 4.78 is 0. The summed E-state index contributed by atoms with van der Waals surface area (Å²) in [5.41, 5.74) is 10.1. The van der Waals surface area contributed by atoms with E-state index in [-0.39, 0.29) is 0 Å². The molecule has 1 heterocycles. The number of fused-ring (bicyclic) bond motifs is 1. The first kappa shape index (κ1) is 13.9. The van der Waals surface area contributed by atoms with Gasteiger partial charge in [0, 0.05) is 24.8 Å². The number of nitrogens with two attached hydrogens (primary N) is 1. The topological polar surface area (TPSA) is 29.3 Å². The molecule has 1 aromatic rings. The van der Waals surface area contributed by atoms with Crippen molar-refractivity contribution in [2.75, 3.05) is 12.3 Å². The van der Waals surface area contributed by atoms with Crippen molar-refractivity contribution in [3.05, 3.63) is 29.3 Å². The fourth-order valence-corrected chi connectivity index (χ4v) is 4.28. The molecule has 2 atom stereocenters. The van der Waals surface area contributed by atoms with Gasteiger partial charge in [-0.05, 0) is 48.3 Å². The monoisotopic (exact) mass is 272 g/mol. The first-order chi connectivity index (χ1) is 9.66. The number of nitrogen functional groups attached to an aromatic ring is 1. The summed E-state index contributed by atoms with van der Waals surface area (Å²) in [5, 5.41) is 0. The summed E-state index contributed by atoms with van der Waals surface area (Å²) in [6.45, 7) is 7.07. The van der Waals surface area contributed by atoms with Gasteiger partial charge in [-0.2, -0.15) is 0 Å². The van der Waals surface area contributed by atoms with Crippen molar-refractivity contribution in [1.82, 2.24) is 4.90 Å². The molecule has 2 aliphatic rings. The van der Waals surface area contributed by atoms with Gasteiger partial charge in [0.05, 0.1) is 0 Å². The Morgan fingerprint density at radius 2 is 2.00 bits per heavy atom. The van der Waals surface area contributed by atoms with Gasteiger partial charge in [-0.1, -0.05) is 38.8 Å². The van der Waals surface area contributed by atoms with Gasteiger partial charge in [0.15, 0.2) is 0 Å². The zero-order valence-electron chi connectivity index (χ0n) is 12.9. The third kappa shape index (κ3) is 2.58. The molecule has 1 fully saturated rings. The van der Waals surface area contributed by atoms with E-state index in [1.165, 1.54) is 49.8 Å². The first-order valence-electron chi connectivity index (χ1n) is 8.27. The van der Waals surface area contributed by atoms with Crippen LogP contribution in [0.25, 0.3) is 0 Å². The largest absolute Gasteiger partial charge is 0.398 e. The first-order valence-corrected chi connectivity index (χ1v) is 8.27. The minimum atomic E-state index is 0.775. The van der Waals surface area contributed by atoms with Gasteiger partial charge in [0.2, 0.25) is 0 Å². The molecule has 0 amide bonds. The minimum Gasteiger partial charge on any atom is -0.398 e. The van der Waals surface area contributed by atoms with Gasteiger partial charge >= 0.3 is 0 Å². The number of nitrogens with zero attached hydrogens (tertiary/aromatic N) is 1. The van der Waals surface area contributed by atoms with Crippen LogP contribution in [0, 0.1) is 11.8 Å². The third-order valence-electron chi connectivity index (χ3n) is 5.45. The van der Waals surface area contributed by atoms with Crippen LogP contribution in [0.5, 0.6) is 0 Å². The van der Waals surface area contributed by atoms with Crippen LogP contribution in [-0.2, 0) is 13.0 Å². The van der Waals surface area contributed by atoms with Crippen molar-refractivity contribution in [3.8, 4) is 0 Å². The van der Waals surface area contributed by atoms with Crippen LogP contribution in [0.3, 0.4) is 0 Å². The molecule has 2 nitrogen and oxygen atoms in total. The molecule has 1 saturated carbocycles. The molecule has 0 spiro atoms. The second-order valence-corrected chi connectivity index (χ2v) is 6.97. The van der Waals surface area contributed by atoms with Gasteiger partial charge < -0.3 is 5.73 Å².